The number of carbonyl (C=O) groups is 3. The number of pyridine rings is 2. The van der Waals surface area contributed by atoms with Gasteiger partial charge in [-0.3, -0.25) is 9.59 Å². The first kappa shape index (κ1) is 30.4. The highest BCUT2D eigenvalue weighted by atomic mass is 35.5. The van der Waals surface area contributed by atoms with Gasteiger partial charge in [0.1, 0.15) is 41.0 Å². The van der Waals surface area contributed by atoms with E-state index >= 15 is 0 Å². The molecule has 232 valence electrons. The SMILES string of the molecule is COc1cc(C(=O)NC[C@](C=O)(c2cc3c(c(-c4ccc(F)c(F)c4Cl)n2)OC[C@]3(C)C(N)=O)C2CC2)cc2ccc(C)nc12. The Balaban J connectivity index is 1.45. The summed E-state index contributed by atoms with van der Waals surface area (Å²) in [6.45, 7) is 3.17. The van der Waals surface area contributed by atoms with Crippen LogP contribution in [0.15, 0.2) is 42.5 Å². The van der Waals surface area contributed by atoms with Gasteiger partial charge in [0.15, 0.2) is 11.6 Å². The molecule has 2 amide bonds. The van der Waals surface area contributed by atoms with Crippen LogP contribution in [0.2, 0.25) is 5.02 Å². The molecule has 0 spiro atoms. The molecule has 1 saturated carbocycles. The average Bonchev–Trinajstić information content (AvgIpc) is 3.82. The Hall–Kier alpha value is -4.64. The van der Waals surface area contributed by atoms with Gasteiger partial charge >= 0.3 is 0 Å². The van der Waals surface area contributed by atoms with Crippen LogP contribution in [0.4, 0.5) is 8.78 Å². The molecule has 9 nitrogen and oxygen atoms in total. The van der Waals surface area contributed by atoms with Crippen molar-refractivity contribution in [1.29, 1.82) is 0 Å². The van der Waals surface area contributed by atoms with Crippen molar-refractivity contribution in [2.75, 3.05) is 20.3 Å². The van der Waals surface area contributed by atoms with E-state index in [2.05, 4.69) is 10.3 Å². The Morgan fingerprint density at radius 1 is 1.20 bits per heavy atom. The number of primary amides is 1. The number of hydrogen-bond acceptors (Lipinski definition) is 7. The number of fused-ring (bicyclic) bond motifs is 2. The van der Waals surface area contributed by atoms with E-state index in [-0.39, 0.29) is 41.8 Å². The maximum atomic E-state index is 14.6. The fourth-order valence-corrected chi connectivity index (χ4v) is 6.12. The summed E-state index contributed by atoms with van der Waals surface area (Å²) in [7, 11) is 1.49. The van der Waals surface area contributed by atoms with Crippen LogP contribution >= 0.6 is 11.6 Å². The second-order valence-corrected chi connectivity index (χ2v) is 12.1. The highest BCUT2D eigenvalue weighted by Crippen LogP contribution is 2.51. The summed E-state index contributed by atoms with van der Waals surface area (Å²) in [5.41, 5.74) is 5.41. The average molecular weight is 635 g/mol. The second kappa shape index (κ2) is 11.1. The van der Waals surface area contributed by atoms with Gasteiger partial charge in [-0.15, -0.1) is 0 Å². The smallest absolute Gasteiger partial charge is 0.251 e. The fourth-order valence-electron chi connectivity index (χ4n) is 5.87. The summed E-state index contributed by atoms with van der Waals surface area (Å²) in [5.74, 6) is -3.24. The van der Waals surface area contributed by atoms with E-state index in [9.17, 15) is 23.2 Å². The van der Waals surface area contributed by atoms with Crippen LogP contribution in [-0.2, 0) is 20.4 Å². The standard InChI is InChI=1S/C33H29ClF2N4O5/c1-16-4-5-17-10-18(11-23(44-3)27(17)39-16)30(42)38-13-33(14-41,19-6-7-19)24-12-21-29(45-15-32(21,2)31(37)43)28(40-24)20-8-9-22(35)26(36)25(20)34/h4-5,8-12,14,19H,6-7,13,15H2,1-3H3,(H2,37,43)(H,38,42)/t32-,33+/m0/s1. The molecule has 0 unspecified atom stereocenters. The number of halogens is 3. The van der Waals surface area contributed by atoms with Crippen molar-refractivity contribution in [1.82, 2.24) is 15.3 Å². The number of ether oxygens (including phenoxy) is 2. The summed E-state index contributed by atoms with van der Waals surface area (Å²) in [5, 5.41) is 3.06. The molecule has 6 rings (SSSR count). The van der Waals surface area contributed by atoms with Gasteiger partial charge < -0.3 is 25.3 Å². The monoisotopic (exact) mass is 634 g/mol. The lowest BCUT2D eigenvalue weighted by atomic mass is 9.76. The van der Waals surface area contributed by atoms with Crippen LogP contribution < -0.4 is 20.5 Å². The Kier molecular flexibility index (Phi) is 7.47. The van der Waals surface area contributed by atoms with Crippen LogP contribution in [0, 0.1) is 24.5 Å². The minimum absolute atomic E-state index is 0.00845. The van der Waals surface area contributed by atoms with Crippen molar-refractivity contribution in [2.24, 2.45) is 11.7 Å². The number of rotatable bonds is 9. The molecule has 3 N–H and O–H groups in total. The zero-order valence-corrected chi connectivity index (χ0v) is 25.4. The highest BCUT2D eigenvalue weighted by molar-refractivity contribution is 6.33. The number of nitrogens with two attached hydrogens (primary N) is 1. The molecular formula is C33H29ClF2N4O5. The molecule has 45 heavy (non-hydrogen) atoms. The van der Waals surface area contributed by atoms with Gasteiger partial charge in [0, 0.05) is 34.3 Å². The van der Waals surface area contributed by atoms with Crippen molar-refractivity contribution in [3.8, 4) is 22.8 Å². The molecule has 12 heteroatoms. The highest BCUT2D eigenvalue weighted by Gasteiger charge is 2.51. The Morgan fingerprint density at radius 2 is 1.96 bits per heavy atom. The topological polar surface area (TPSA) is 134 Å². The van der Waals surface area contributed by atoms with Gasteiger partial charge in [-0.25, -0.2) is 18.7 Å². The predicted molar refractivity (Wildman–Crippen MR) is 162 cm³/mol. The molecule has 1 aliphatic heterocycles. The van der Waals surface area contributed by atoms with E-state index < -0.39 is 39.3 Å². The first-order valence-corrected chi connectivity index (χ1v) is 14.6. The van der Waals surface area contributed by atoms with Gasteiger partial charge in [-0.1, -0.05) is 17.7 Å². The summed E-state index contributed by atoms with van der Waals surface area (Å²) in [6, 6.07) is 10.7. The number of hydrogen-bond donors (Lipinski definition) is 2. The normalized spacial score (nSPS) is 18.5. The van der Waals surface area contributed by atoms with E-state index in [0.717, 1.165) is 18.0 Å². The zero-order chi connectivity index (χ0) is 32.3. The Labute approximate surface area is 262 Å². The van der Waals surface area contributed by atoms with Crippen molar-refractivity contribution < 1.29 is 32.6 Å². The van der Waals surface area contributed by atoms with Crippen LogP contribution in [0.25, 0.3) is 22.2 Å². The van der Waals surface area contributed by atoms with Gasteiger partial charge in [0.25, 0.3) is 5.91 Å². The van der Waals surface area contributed by atoms with Crippen LogP contribution in [0.3, 0.4) is 0 Å². The number of benzene rings is 2. The molecule has 2 aromatic carbocycles. The summed E-state index contributed by atoms with van der Waals surface area (Å²) in [6.07, 6.45) is 2.08. The van der Waals surface area contributed by atoms with Crippen molar-refractivity contribution in [3.05, 3.63) is 81.6 Å². The third-order valence-electron chi connectivity index (χ3n) is 8.82. The maximum absolute atomic E-state index is 14.6. The van der Waals surface area contributed by atoms with Crippen molar-refractivity contribution in [2.45, 2.75) is 37.5 Å². The van der Waals surface area contributed by atoms with Crippen molar-refractivity contribution in [3.63, 3.8) is 0 Å². The predicted octanol–water partition coefficient (Wildman–Crippen LogP) is 4.96. The van der Waals surface area contributed by atoms with Crippen LogP contribution in [0.5, 0.6) is 11.5 Å². The Morgan fingerprint density at radius 3 is 2.62 bits per heavy atom. The number of amides is 2. The molecule has 1 aliphatic carbocycles. The molecule has 0 bridgehead atoms. The van der Waals surface area contributed by atoms with Crippen LogP contribution in [-0.4, -0.2) is 48.3 Å². The van der Waals surface area contributed by atoms with E-state index in [1.165, 1.54) is 13.2 Å². The van der Waals surface area contributed by atoms with E-state index in [1.807, 2.05) is 19.1 Å². The molecule has 2 aliphatic rings. The molecule has 0 saturated heterocycles. The summed E-state index contributed by atoms with van der Waals surface area (Å²) < 4.78 is 40.0. The third-order valence-corrected chi connectivity index (χ3v) is 9.19. The number of nitrogens with zero attached hydrogens (tertiary/aromatic N) is 2. The maximum Gasteiger partial charge on any atom is 0.251 e. The van der Waals surface area contributed by atoms with Crippen LogP contribution in [0.1, 0.15) is 47.1 Å². The minimum atomic E-state index is -1.34. The lowest BCUT2D eigenvalue weighted by molar-refractivity contribution is -0.123. The van der Waals surface area contributed by atoms with Gasteiger partial charge in [-0.05, 0) is 69.0 Å². The zero-order valence-electron chi connectivity index (χ0n) is 24.7. The largest absolute Gasteiger partial charge is 0.494 e. The molecule has 1 fully saturated rings. The first-order valence-electron chi connectivity index (χ1n) is 14.3. The number of methoxy groups -OCH3 is 1. The molecule has 3 heterocycles. The number of aromatic nitrogens is 2. The van der Waals surface area contributed by atoms with Gasteiger partial charge in [0.2, 0.25) is 5.91 Å². The number of carbonyl (C=O) groups excluding carboxylic acids is 3. The molecule has 2 atom stereocenters. The lowest BCUT2D eigenvalue weighted by Crippen LogP contribution is -2.45. The molecule has 2 aromatic heterocycles. The Bertz CT molecular complexity index is 1920. The second-order valence-electron chi connectivity index (χ2n) is 11.8. The summed E-state index contributed by atoms with van der Waals surface area (Å²) in [4.78, 5) is 48.5. The van der Waals surface area contributed by atoms with Gasteiger partial charge in [-0.2, -0.15) is 0 Å². The van der Waals surface area contributed by atoms with E-state index in [4.69, 9.17) is 31.8 Å². The van der Waals surface area contributed by atoms with Crippen molar-refractivity contribution >= 4 is 40.6 Å². The lowest BCUT2D eigenvalue weighted by Gasteiger charge is -2.30. The minimum Gasteiger partial charge on any atom is -0.494 e. The first-order chi connectivity index (χ1) is 21.4. The molecule has 4 aromatic rings. The molecule has 0 radical (unpaired) electrons. The number of aryl methyl sites for hydroxylation is 1. The van der Waals surface area contributed by atoms with Gasteiger partial charge in [0.05, 0.1) is 23.2 Å². The molecular weight excluding hydrogens is 606 g/mol. The van der Waals surface area contributed by atoms with E-state index in [1.54, 1.807) is 25.1 Å². The quantitative estimate of drug-likeness (QED) is 0.196. The number of nitrogens with one attached hydrogen (secondary N) is 1. The fraction of sp³-hybridized carbons (Fsp3) is 0.303. The summed E-state index contributed by atoms with van der Waals surface area (Å²) >= 11 is 6.25. The number of aldehydes is 1. The third kappa shape index (κ3) is 4.95. The van der Waals surface area contributed by atoms with E-state index in [0.29, 0.717) is 40.6 Å².